The maximum atomic E-state index is 12.2. The van der Waals surface area contributed by atoms with Crippen molar-refractivity contribution in [3.05, 3.63) is 29.3 Å². The molecule has 1 aromatic rings. The van der Waals surface area contributed by atoms with Crippen LogP contribution in [0.4, 0.5) is 5.69 Å². The van der Waals surface area contributed by atoms with E-state index in [0.717, 1.165) is 0 Å². The fraction of sp³-hybridized carbons (Fsp3) is 0.400. The minimum absolute atomic E-state index is 0.0875. The highest BCUT2D eigenvalue weighted by atomic mass is 35.5. The van der Waals surface area contributed by atoms with Crippen molar-refractivity contribution in [3.63, 3.8) is 0 Å². The third-order valence-corrected chi connectivity index (χ3v) is 4.41. The Morgan fingerprint density at radius 1 is 1.27 bits per heavy atom. The number of nitrogens with one attached hydrogen (secondary N) is 1. The van der Waals surface area contributed by atoms with Gasteiger partial charge in [-0.15, -0.1) is 0 Å². The zero-order chi connectivity index (χ0) is 15.9. The van der Waals surface area contributed by atoms with Crippen molar-refractivity contribution in [2.45, 2.75) is 24.8 Å². The van der Waals surface area contributed by atoms with E-state index in [1.54, 1.807) is 24.3 Å². The number of benzene rings is 1. The number of aliphatic carboxylic acids is 1. The highest BCUT2D eigenvalue weighted by Gasteiger charge is 2.52. The molecule has 3 rings (SSSR count). The summed E-state index contributed by atoms with van der Waals surface area (Å²) < 4.78 is 0. The number of rotatable bonds is 4. The number of anilines is 1. The molecule has 0 radical (unpaired) electrons. The number of carbonyl (C=O) groups is 3. The number of carboxylic acids is 1. The molecule has 116 valence electrons. The molecule has 1 aromatic carbocycles. The van der Waals surface area contributed by atoms with Crippen LogP contribution in [0.5, 0.6) is 0 Å². The number of hydrogen-bond donors (Lipinski definition) is 2. The van der Waals surface area contributed by atoms with Gasteiger partial charge in [-0.3, -0.25) is 9.59 Å². The van der Waals surface area contributed by atoms with Gasteiger partial charge in [-0.05, 0) is 37.1 Å². The summed E-state index contributed by atoms with van der Waals surface area (Å²) in [5, 5.41) is 12.2. The number of halogens is 1. The molecule has 6 nitrogen and oxygen atoms in total. The van der Waals surface area contributed by atoms with Gasteiger partial charge in [-0.2, -0.15) is 0 Å². The molecule has 1 atom stereocenters. The van der Waals surface area contributed by atoms with Crippen LogP contribution in [-0.2, 0) is 14.4 Å². The Kier molecular flexibility index (Phi) is 3.56. The summed E-state index contributed by atoms with van der Waals surface area (Å²) in [6.45, 7) is 0.252. The monoisotopic (exact) mass is 322 g/mol. The molecule has 2 aliphatic rings. The Balaban J connectivity index is 1.68. The van der Waals surface area contributed by atoms with Gasteiger partial charge in [0.1, 0.15) is 5.54 Å². The molecule has 7 heteroatoms. The van der Waals surface area contributed by atoms with E-state index >= 15 is 0 Å². The molecule has 0 bridgehead atoms. The van der Waals surface area contributed by atoms with Gasteiger partial charge < -0.3 is 15.3 Å². The molecule has 1 aliphatic carbocycles. The van der Waals surface area contributed by atoms with Gasteiger partial charge in [0.2, 0.25) is 11.8 Å². The molecular weight excluding hydrogens is 308 g/mol. The van der Waals surface area contributed by atoms with Gasteiger partial charge in [-0.1, -0.05) is 11.6 Å². The van der Waals surface area contributed by atoms with E-state index in [2.05, 4.69) is 5.32 Å². The highest BCUT2D eigenvalue weighted by Crippen LogP contribution is 2.36. The molecule has 1 saturated heterocycles. The van der Waals surface area contributed by atoms with Crippen LogP contribution in [0.15, 0.2) is 24.3 Å². The fourth-order valence-corrected chi connectivity index (χ4v) is 2.73. The SMILES string of the molecule is O=C(NC1(C(=O)O)CC1)C1CC(=O)N(c2ccc(Cl)cc2)C1. The van der Waals surface area contributed by atoms with E-state index in [0.29, 0.717) is 23.6 Å². The Hall–Kier alpha value is -2.08. The smallest absolute Gasteiger partial charge is 0.329 e. The normalized spacial score (nSPS) is 22.5. The molecule has 0 aromatic heterocycles. The van der Waals surface area contributed by atoms with E-state index in [9.17, 15) is 14.4 Å². The van der Waals surface area contributed by atoms with Crippen molar-refractivity contribution in [1.29, 1.82) is 0 Å². The average Bonchev–Trinajstić information content (AvgIpc) is 3.15. The number of hydrogen-bond acceptors (Lipinski definition) is 3. The van der Waals surface area contributed by atoms with Crippen molar-refractivity contribution >= 4 is 35.1 Å². The van der Waals surface area contributed by atoms with E-state index < -0.39 is 17.4 Å². The van der Waals surface area contributed by atoms with Gasteiger partial charge in [0.15, 0.2) is 0 Å². The quantitative estimate of drug-likeness (QED) is 0.878. The molecule has 2 N–H and O–H groups in total. The lowest BCUT2D eigenvalue weighted by molar-refractivity contribution is -0.143. The number of carboxylic acid groups (broad SMARTS) is 1. The summed E-state index contributed by atoms with van der Waals surface area (Å²) in [5.41, 5.74) is -0.433. The van der Waals surface area contributed by atoms with Gasteiger partial charge in [0, 0.05) is 23.7 Å². The summed E-state index contributed by atoms with van der Waals surface area (Å²) in [6.07, 6.45) is 0.968. The van der Waals surface area contributed by atoms with E-state index in [1.165, 1.54) is 4.90 Å². The summed E-state index contributed by atoms with van der Waals surface area (Å²) in [6, 6.07) is 6.81. The maximum absolute atomic E-state index is 12.2. The summed E-state index contributed by atoms with van der Waals surface area (Å²) in [5.74, 6) is -2.06. The maximum Gasteiger partial charge on any atom is 0.329 e. The summed E-state index contributed by atoms with van der Waals surface area (Å²) in [7, 11) is 0. The Bertz CT molecular complexity index is 639. The lowest BCUT2D eigenvalue weighted by Gasteiger charge is -2.18. The predicted octanol–water partition coefficient (Wildman–Crippen LogP) is 1.43. The molecule has 1 unspecified atom stereocenters. The Morgan fingerprint density at radius 2 is 1.91 bits per heavy atom. The van der Waals surface area contributed by atoms with Crippen molar-refractivity contribution in [1.82, 2.24) is 5.32 Å². The standard InChI is InChI=1S/C15H15ClN2O4/c16-10-1-3-11(4-2-10)18-8-9(7-12(18)19)13(20)17-15(5-6-15)14(21)22/h1-4,9H,5-8H2,(H,17,20)(H,21,22). The lowest BCUT2D eigenvalue weighted by atomic mass is 10.1. The second kappa shape index (κ2) is 5.28. The van der Waals surface area contributed by atoms with Crippen LogP contribution < -0.4 is 10.2 Å². The van der Waals surface area contributed by atoms with Crippen LogP contribution in [0.1, 0.15) is 19.3 Å². The minimum Gasteiger partial charge on any atom is -0.480 e. The number of amides is 2. The second-order valence-corrected chi connectivity index (χ2v) is 6.19. The van der Waals surface area contributed by atoms with E-state index in [1.807, 2.05) is 0 Å². The van der Waals surface area contributed by atoms with Crippen molar-refractivity contribution in [2.75, 3.05) is 11.4 Å². The molecule has 0 spiro atoms. The van der Waals surface area contributed by atoms with Crippen LogP contribution in [0, 0.1) is 5.92 Å². The van der Waals surface area contributed by atoms with Crippen LogP contribution in [-0.4, -0.2) is 35.0 Å². The lowest BCUT2D eigenvalue weighted by Crippen LogP contribution is -2.46. The van der Waals surface area contributed by atoms with Crippen LogP contribution in [0.2, 0.25) is 5.02 Å². The molecular formula is C15H15ClN2O4. The molecule has 2 amide bonds. The Morgan fingerprint density at radius 3 is 2.45 bits per heavy atom. The molecule has 1 saturated carbocycles. The summed E-state index contributed by atoms with van der Waals surface area (Å²) in [4.78, 5) is 36.9. The van der Waals surface area contributed by atoms with E-state index in [-0.39, 0.29) is 24.8 Å². The second-order valence-electron chi connectivity index (χ2n) is 5.76. The van der Waals surface area contributed by atoms with Gasteiger partial charge >= 0.3 is 5.97 Å². The van der Waals surface area contributed by atoms with Crippen LogP contribution in [0.3, 0.4) is 0 Å². The third-order valence-electron chi connectivity index (χ3n) is 4.16. The number of nitrogens with zero attached hydrogens (tertiary/aromatic N) is 1. The first-order valence-corrected chi connectivity index (χ1v) is 7.40. The van der Waals surface area contributed by atoms with Gasteiger partial charge in [0.05, 0.1) is 5.92 Å². The van der Waals surface area contributed by atoms with Crippen molar-refractivity contribution < 1.29 is 19.5 Å². The predicted molar refractivity (Wildman–Crippen MR) is 79.7 cm³/mol. The number of carbonyl (C=O) groups excluding carboxylic acids is 2. The zero-order valence-electron chi connectivity index (χ0n) is 11.7. The molecule has 1 aliphatic heterocycles. The highest BCUT2D eigenvalue weighted by molar-refractivity contribution is 6.30. The molecule has 22 heavy (non-hydrogen) atoms. The largest absolute Gasteiger partial charge is 0.480 e. The topological polar surface area (TPSA) is 86.7 Å². The first kappa shape index (κ1) is 14.8. The first-order chi connectivity index (χ1) is 10.4. The third kappa shape index (κ3) is 2.66. The van der Waals surface area contributed by atoms with Gasteiger partial charge in [-0.25, -0.2) is 4.79 Å². The van der Waals surface area contributed by atoms with Gasteiger partial charge in [0.25, 0.3) is 0 Å². The minimum atomic E-state index is -1.12. The molecule has 1 heterocycles. The molecule has 2 fully saturated rings. The average molecular weight is 323 g/mol. The fourth-order valence-electron chi connectivity index (χ4n) is 2.61. The van der Waals surface area contributed by atoms with Crippen LogP contribution in [0.25, 0.3) is 0 Å². The van der Waals surface area contributed by atoms with E-state index in [4.69, 9.17) is 16.7 Å². The Labute approximate surface area is 132 Å². The first-order valence-electron chi connectivity index (χ1n) is 7.03. The zero-order valence-corrected chi connectivity index (χ0v) is 12.5. The van der Waals surface area contributed by atoms with Crippen molar-refractivity contribution in [3.8, 4) is 0 Å². The van der Waals surface area contributed by atoms with Crippen molar-refractivity contribution in [2.24, 2.45) is 5.92 Å². The van der Waals surface area contributed by atoms with Crippen LogP contribution >= 0.6 is 11.6 Å². The summed E-state index contributed by atoms with van der Waals surface area (Å²) >= 11 is 5.82.